The van der Waals surface area contributed by atoms with Crippen LogP contribution in [-0.2, 0) is 0 Å². The van der Waals surface area contributed by atoms with Crippen LogP contribution in [0.2, 0.25) is 0 Å². The molecular weight excluding hydrogens is 246 g/mol. The minimum atomic E-state index is -0.601. The van der Waals surface area contributed by atoms with Crippen molar-refractivity contribution in [3.8, 4) is 0 Å². The summed E-state index contributed by atoms with van der Waals surface area (Å²) < 4.78 is 0. The molecular formula is C18H22NO+. The van der Waals surface area contributed by atoms with Crippen molar-refractivity contribution in [2.24, 2.45) is 0 Å². The Morgan fingerprint density at radius 1 is 0.850 bits per heavy atom. The number of hydrogen-bond acceptors (Lipinski definition) is 1. The molecule has 3 N–H and O–H groups in total. The standard InChI is InChI=1S/C18H21NO/c1-18(20)12-16(14-8-4-2-5-9-14)19-17(13-18)15-10-6-3-7-11-15/h2-11,16-17,19-20H,12-13H2,1H3/p+1/t16-,17-/m1/s1. The van der Waals surface area contributed by atoms with E-state index in [1.807, 2.05) is 19.1 Å². The molecule has 0 aromatic heterocycles. The average molecular weight is 268 g/mol. The van der Waals surface area contributed by atoms with Gasteiger partial charge >= 0.3 is 0 Å². The van der Waals surface area contributed by atoms with Gasteiger partial charge in [0, 0.05) is 24.0 Å². The molecule has 1 aliphatic heterocycles. The van der Waals surface area contributed by atoms with Crippen LogP contribution in [0, 0.1) is 0 Å². The molecule has 1 fully saturated rings. The number of aliphatic hydroxyl groups is 1. The first-order chi connectivity index (χ1) is 9.64. The van der Waals surface area contributed by atoms with Gasteiger partial charge in [-0.3, -0.25) is 0 Å². The number of rotatable bonds is 2. The summed E-state index contributed by atoms with van der Waals surface area (Å²) in [7, 11) is 0. The third-order valence-corrected chi connectivity index (χ3v) is 4.24. The Morgan fingerprint density at radius 3 is 1.65 bits per heavy atom. The molecule has 2 nitrogen and oxygen atoms in total. The maximum atomic E-state index is 10.6. The fourth-order valence-corrected chi connectivity index (χ4v) is 3.31. The van der Waals surface area contributed by atoms with E-state index in [1.54, 1.807) is 0 Å². The minimum Gasteiger partial charge on any atom is -0.390 e. The second kappa shape index (κ2) is 5.39. The van der Waals surface area contributed by atoms with E-state index in [0.29, 0.717) is 12.1 Å². The first kappa shape index (κ1) is 13.3. The van der Waals surface area contributed by atoms with Gasteiger partial charge in [0.25, 0.3) is 0 Å². The highest BCUT2D eigenvalue weighted by Gasteiger charge is 2.39. The maximum absolute atomic E-state index is 10.6. The monoisotopic (exact) mass is 268 g/mol. The number of nitrogens with two attached hydrogens (primary N) is 1. The first-order valence-electron chi connectivity index (χ1n) is 7.31. The molecule has 1 aliphatic rings. The van der Waals surface area contributed by atoms with Gasteiger partial charge in [-0.15, -0.1) is 0 Å². The summed E-state index contributed by atoms with van der Waals surface area (Å²) in [6.45, 7) is 1.96. The first-order valence-corrected chi connectivity index (χ1v) is 7.31. The molecule has 1 heterocycles. The molecule has 2 heteroatoms. The third-order valence-electron chi connectivity index (χ3n) is 4.24. The SMILES string of the molecule is CC1(O)C[C@H](c2ccccc2)[NH2+][C@@H](c2ccccc2)C1. The van der Waals surface area contributed by atoms with E-state index in [4.69, 9.17) is 0 Å². The molecule has 0 aliphatic carbocycles. The summed E-state index contributed by atoms with van der Waals surface area (Å²) >= 11 is 0. The Morgan fingerprint density at radius 2 is 1.25 bits per heavy atom. The molecule has 0 bridgehead atoms. The van der Waals surface area contributed by atoms with E-state index in [9.17, 15) is 5.11 Å². The van der Waals surface area contributed by atoms with Gasteiger partial charge in [-0.25, -0.2) is 0 Å². The molecule has 0 radical (unpaired) electrons. The molecule has 20 heavy (non-hydrogen) atoms. The van der Waals surface area contributed by atoms with Crippen LogP contribution in [0.15, 0.2) is 60.7 Å². The Kier molecular flexibility index (Phi) is 3.60. The second-order valence-electron chi connectivity index (χ2n) is 6.13. The van der Waals surface area contributed by atoms with Crippen LogP contribution in [0.1, 0.15) is 43.0 Å². The lowest BCUT2D eigenvalue weighted by molar-refractivity contribution is -0.748. The lowest BCUT2D eigenvalue weighted by Crippen LogP contribution is -2.89. The molecule has 0 amide bonds. The zero-order valence-electron chi connectivity index (χ0n) is 11.9. The molecule has 1 saturated heterocycles. The highest BCUT2D eigenvalue weighted by atomic mass is 16.3. The van der Waals surface area contributed by atoms with Crippen molar-refractivity contribution in [2.75, 3.05) is 0 Å². The van der Waals surface area contributed by atoms with Crippen LogP contribution in [0.5, 0.6) is 0 Å². The third kappa shape index (κ3) is 2.92. The molecule has 104 valence electrons. The molecule has 2 aromatic rings. The molecule has 0 saturated carbocycles. The van der Waals surface area contributed by atoms with Gasteiger partial charge in [0.05, 0.1) is 5.60 Å². The summed E-state index contributed by atoms with van der Waals surface area (Å²) in [6, 6.07) is 21.7. The second-order valence-corrected chi connectivity index (χ2v) is 6.13. The minimum absolute atomic E-state index is 0.324. The van der Waals surface area contributed by atoms with E-state index in [2.05, 4.69) is 53.8 Å². The fraction of sp³-hybridized carbons (Fsp3) is 0.333. The van der Waals surface area contributed by atoms with Crippen LogP contribution >= 0.6 is 0 Å². The Balaban J connectivity index is 1.87. The van der Waals surface area contributed by atoms with Crippen molar-refractivity contribution >= 4 is 0 Å². The average Bonchev–Trinajstić information content (AvgIpc) is 2.47. The van der Waals surface area contributed by atoms with Gasteiger partial charge < -0.3 is 10.4 Å². The van der Waals surface area contributed by atoms with Crippen LogP contribution in [0.3, 0.4) is 0 Å². The van der Waals surface area contributed by atoms with Crippen molar-refractivity contribution in [3.63, 3.8) is 0 Å². The Hall–Kier alpha value is -1.64. The van der Waals surface area contributed by atoms with Crippen molar-refractivity contribution in [1.82, 2.24) is 0 Å². The zero-order valence-corrected chi connectivity index (χ0v) is 11.9. The summed E-state index contributed by atoms with van der Waals surface area (Å²) in [4.78, 5) is 0. The number of benzene rings is 2. The number of hydrogen-bond donors (Lipinski definition) is 2. The van der Waals surface area contributed by atoms with Crippen molar-refractivity contribution < 1.29 is 10.4 Å². The van der Waals surface area contributed by atoms with Crippen LogP contribution in [-0.4, -0.2) is 10.7 Å². The van der Waals surface area contributed by atoms with E-state index < -0.39 is 5.60 Å². The zero-order chi connectivity index (χ0) is 14.0. The van der Waals surface area contributed by atoms with Crippen LogP contribution in [0.4, 0.5) is 0 Å². The maximum Gasteiger partial charge on any atom is 0.115 e. The lowest BCUT2D eigenvalue weighted by atomic mass is 9.80. The summed E-state index contributed by atoms with van der Waals surface area (Å²) in [5.74, 6) is 0. The summed E-state index contributed by atoms with van der Waals surface area (Å²) in [5.41, 5.74) is 2.00. The molecule has 2 aromatic carbocycles. The van der Waals surface area contributed by atoms with E-state index in [0.717, 1.165) is 12.8 Å². The fourth-order valence-electron chi connectivity index (χ4n) is 3.31. The van der Waals surface area contributed by atoms with Crippen molar-refractivity contribution in [2.45, 2.75) is 37.5 Å². The molecule has 0 spiro atoms. The van der Waals surface area contributed by atoms with Gasteiger partial charge in [0.15, 0.2) is 0 Å². The van der Waals surface area contributed by atoms with Gasteiger partial charge in [-0.1, -0.05) is 60.7 Å². The van der Waals surface area contributed by atoms with Crippen molar-refractivity contribution in [1.29, 1.82) is 0 Å². The number of piperidine rings is 1. The summed E-state index contributed by atoms with van der Waals surface area (Å²) in [5, 5.41) is 13.0. The van der Waals surface area contributed by atoms with Crippen LogP contribution < -0.4 is 5.32 Å². The smallest absolute Gasteiger partial charge is 0.115 e. The Labute approximate surface area is 120 Å². The van der Waals surface area contributed by atoms with E-state index in [-0.39, 0.29) is 0 Å². The highest BCUT2D eigenvalue weighted by molar-refractivity contribution is 5.21. The molecule has 3 rings (SSSR count). The molecule has 0 unspecified atom stereocenters. The highest BCUT2D eigenvalue weighted by Crippen LogP contribution is 2.33. The predicted octanol–water partition coefficient (Wildman–Crippen LogP) is 2.58. The topological polar surface area (TPSA) is 36.8 Å². The van der Waals surface area contributed by atoms with E-state index in [1.165, 1.54) is 11.1 Å². The number of quaternary nitrogens is 1. The van der Waals surface area contributed by atoms with Crippen molar-refractivity contribution in [3.05, 3.63) is 71.8 Å². The molecule has 2 atom stereocenters. The van der Waals surface area contributed by atoms with Crippen LogP contribution in [0.25, 0.3) is 0 Å². The largest absolute Gasteiger partial charge is 0.390 e. The quantitative estimate of drug-likeness (QED) is 0.863. The van der Waals surface area contributed by atoms with Gasteiger partial charge in [-0.05, 0) is 6.92 Å². The van der Waals surface area contributed by atoms with Gasteiger partial charge in [-0.2, -0.15) is 0 Å². The predicted molar refractivity (Wildman–Crippen MR) is 80.1 cm³/mol. The lowest BCUT2D eigenvalue weighted by Gasteiger charge is -2.37. The van der Waals surface area contributed by atoms with Gasteiger partial charge in [0.2, 0.25) is 0 Å². The summed E-state index contributed by atoms with van der Waals surface area (Å²) in [6.07, 6.45) is 1.61. The van der Waals surface area contributed by atoms with Gasteiger partial charge in [0.1, 0.15) is 12.1 Å². The Bertz CT molecular complexity index is 501. The van der Waals surface area contributed by atoms with E-state index >= 15 is 0 Å². The normalized spacial score (nSPS) is 30.1.